The molecule has 2 aliphatic rings. The number of aliphatic hydroxyl groups is 6. The summed E-state index contributed by atoms with van der Waals surface area (Å²) in [5.74, 6) is -2.37. The van der Waals surface area contributed by atoms with Gasteiger partial charge in [-0.05, 0) is 30.7 Å². The largest absolute Gasteiger partial charge is 0.507 e. The van der Waals surface area contributed by atoms with Crippen LogP contribution in [0.3, 0.4) is 0 Å². The third-order valence-corrected chi connectivity index (χ3v) is 7.10. The van der Waals surface area contributed by atoms with Crippen LogP contribution >= 0.6 is 0 Å². The van der Waals surface area contributed by atoms with Gasteiger partial charge in [-0.25, -0.2) is 0 Å². The van der Waals surface area contributed by atoms with E-state index in [0.717, 1.165) is 18.2 Å². The lowest BCUT2D eigenvalue weighted by Gasteiger charge is -2.42. The van der Waals surface area contributed by atoms with E-state index in [4.69, 9.17) is 23.7 Å². The maximum atomic E-state index is 12.7. The van der Waals surface area contributed by atoms with E-state index in [1.165, 1.54) is 32.2 Å². The number of phenols is 3. The number of rotatable bonds is 9. The van der Waals surface area contributed by atoms with Crippen molar-refractivity contribution in [2.75, 3.05) is 13.7 Å². The third-order valence-electron chi connectivity index (χ3n) is 7.10. The molecule has 0 radical (unpaired) electrons. The summed E-state index contributed by atoms with van der Waals surface area (Å²) in [5, 5.41) is 91.9. The van der Waals surface area contributed by atoms with Crippen LogP contribution in [0.1, 0.15) is 22.8 Å². The first-order valence-electron chi connectivity index (χ1n) is 13.1. The van der Waals surface area contributed by atoms with Gasteiger partial charge in [0.1, 0.15) is 65.5 Å². The smallest absolute Gasteiger partial charge is 0.229 e. The maximum Gasteiger partial charge on any atom is 0.229 e. The SMILES string of the molecule is COc1ccc(C=CC(=O)c2c(O)cc(O[C@@H]3OC(CO[C@@H]4OC(C)[C@H](O)C(O)C4O)[C@@H](O)C(O)C3O)cc2O)cc1O. The van der Waals surface area contributed by atoms with Crippen LogP contribution in [0.5, 0.6) is 28.7 Å². The highest BCUT2D eigenvalue weighted by Gasteiger charge is 2.47. The van der Waals surface area contributed by atoms with Gasteiger partial charge < -0.3 is 69.6 Å². The molecule has 15 heteroatoms. The number of aliphatic hydroxyl groups excluding tert-OH is 6. The van der Waals surface area contributed by atoms with E-state index >= 15 is 0 Å². The minimum absolute atomic E-state index is 0.156. The highest BCUT2D eigenvalue weighted by molar-refractivity contribution is 6.10. The van der Waals surface area contributed by atoms with Gasteiger partial charge in [-0.1, -0.05) is 12.1 Å². The predicted octanol–water partition coefficient (Wildman–Crippen LogP) is -1.26. The van der Waals surface area contributed by atoms with Gasteiger partial charge >= 0.3 is 0 Å². The zero-order chi connectivity index (χ0) is 31.6. The lowest BCUT2D eigenvalue weighted by Crippen LogP contribution is -2.61. The van der Waals surface area contributed by atoms with Crippen LogP contribution in [0, 0.1) is 0 Å². The summed E-state index contributed by atoms with van der Waals surface area (Å²) in [4.78, 5) is 12.7. The molecule has 2 saturated heterocycles. The minimum atomic E-state index is -1.81. The van der Waals surface area contributed by atoms with Crippen LogP contribution in [-0.2, 0) is 14.2 Å². The number of carbonyl (C=O) groups excluding carboxylic acids is 1. The quantitative estimate of drug-likeness (QED) is 0.119. The lowest BCUT2D eigenvalue weighted by molar-refractivity contribution is -0.318. The molecule has 0 bridgehead atoms. The number of benzene rings is 2. The van der Waals surface area contributed by atoms with Gasteiger partial charge in [0, 0.05) is 12.1 Å². The molecule has 9 N–H and O–H groups in total. The van der Waals surface area contributed by atoms with E-state index in [1.54, 1.807) is 6.07 Å². The van der Waals surface area contributed by atoms with Crippen molar-refractivity contribution >= 4 is 11.9 Å². The molecule has 10 atom stereocenters. The second-order valence-corrected chi connectivity index (χ2v) is 10.1. The number of phenolic OH excluding ortho intramolecular Hbond substituents is 3. The Morgan fingerprint density at radius 3 is 2.07 bits per heavy atom. The van der Waals surface area contributed by atoms with Crippen molar-refractivity contribution < 1.29 is 74.4 Å². The van der Waals surface area contributed by atoms with Crippen LogP contribution in [0.25, 0.3) is 6.08 Å². The van der Waals surface area contributed by atoms with Crippen LogP contribution in [0.15, 0.2) is 36.4 Å². The van der Waals surface area contributed by atoms with E-state index in [-0.39, 0.29) is 17.2 Å². The molecule has 0 amide bonds. The normalized spacial score (nSPS) is 32.9. The average molecular weight is 611 g/mol. The number of ketones is 1. The summed E-state index contributed by atoms with van der Waals surface area (Å²) in [6.45, 7) is 0.920. The summed E-state index contributed by atoms with van der Waals surface area (Å²) in [7, 11) is 1.38. The van der Waals surface area contributed by atoms with Gasteiger partial charge in [0.2, 0.25) is 6.29 Å². The molecular weight excluding hydrogens is 576 g/mol. The summed E-state index contributed by atoms with van der Waals surface area (Å²) in [6.07, 6.45) is -12.8. The van der Waals surface area contributed by atoms with E-state index in [0.29, 0.717) is 5.56 Å². The average Bonchev–Trinajstić information content (AvgIpc) is 2.96. The van der Waals surface area contributed by atoms with Gasteiger partial charge in [0.25, 0.3) is 0 Å². The van der Waals surface area contributed by atoms with E-state index < -0.39 is 90.9 Å². The molecule has 0 aliphatic carbocycles. The fraction of sp³-hybridized carbons (Fsp3) is 0.464. The van der Waals surface area contributed by atoms with Crippen molar-refractivity contribution in [1.82, 2.24) is 0 Å². The Balaban J connectivity index is 1.43. The molecule has 0 saturated carbocycles. The Kier molecular flexibility index (Phi) is 10.1. The molecule has 4 rings (SSSR count). The Morgan fingerprint density at radius 1 is 0.814 bits per heavy atom. The van der Waals surface area contributed by atoms with Crippen LogP contribution in [-0.4, -0.2) is 127 Å². The Labute approximate surface area is 245 Å². The highest BCUT2D eigenvalue weighted by atomic mass is 16.7. The Morgan fingerprint density at radius 2 is 1.44 bits per heavy atom. The van der Waals surface area contributed by atoms with Gasteiger partial charge in [-0.2, -0.15) is 0 Å². The summed E-state index contributed by atoms with van der Waals surface area (Å²) in [5.41, 5.74) is -0.0399. The fourth-order valence-electron chi connectivity index (χ4n) is 4.60. The van der Waals surface area contributed by atoms with E-state index in [9.17, 15) is 50.8 Å². The second kappa shape index (κ2) is 13.4. The molecule has 2 aromatic carbocycles. The van der Waals surface area contributed by atoms with Gasteiger partial charge in [0.05, 0.1) is 19.8 Å². The Bertz CT molecular complexity index is 1290. The second-order valence-electron chi connectivity index (χ2n) is 10.1. The third kappa shape index (κ3) is 7.01. The molecule has 43 heavy (non-hydrogen) atoms. The standard InChI is InChI=1S/C28H34O15/c1-11-21(33)23(35)25(37)27(41-11)40-10-19-22(34)24(36)26(38)28(43-19)42-13-8-16(31)20(17(32)9-13)14(29)5-3-12-4-6-18(39-2)15(30)7-12/h3-9,11,19,21-28,30-38H,10H2,1-2H3/t11?,19?,21-,22+,23?,24?,25?,26?,27+,28+/m0/s1. The van der Waals surface area contributed by atoms with Crippen molar-refractivity contribution in [3.63, 3.8) is 0 Å². The predicted molar refractivity (Wildman–Crippen MR) is 143 cm³/mol. The number of aromatic hydroxyl groups is 3. The van der Waals surface area contributed by atoms with Crippen molar-refractivity contribution in [3.05, 3.63) is 47.5 Å². The molecule has 236 valence electrons. The van der Waals surface area contributed by atoms with Gasteiger partial charge in [-0.3, -0.25) is 4.79 Å². The van der Waals surface area contributed by atoms with E-state index in [2.05, 4.69) is 0 Å². The molecule has 2 aliphatic heterocycles. The topological polar surface area (TPSA) is 245 Å². The zero-order valence-corrected chi connectivity index (χ0v) is 23.0. The summed E-state index contributed by atoms with van der Waals surface area (Å²) in [6, 6.07) is 6.31. The fourth-order valence-corrected chi connectivity index (χ4v) is 4.60. The maximum absolute atomic E-state index is 12.7. The van der Waals surface area contributed by atoms with Gasteiger partial charge in [-0.15, -0.1) is 0 Å². The zero-order valence-electron chi connectivity index (χ0n) is 23.0. The number of hydrogen-bond donors (Lipinski definition) is 9. The van der Waals surface area contributed by atoms with Crippen molar-refractivity contribution in [3.8, 4) is 28.7 Å². The van der Waals surface area contributed by atoms with Crippen molar-refractivity contribution in [2.24, 2.45) is 0 Å². The molecule has 6 unspecified atom stereocenters. The highest BCUT2D eigenvalue weighted by Crippen LogP contribution is 2.35. The first-order chi connectivity index (χ1) is 20.3. The number of hydrogen-bond acceptors (Lipinski definition) is 15. The summed E-state index contributed by atoms with van der Waals surface area (Å²) >= 11 is 0. The molecule has 2 fully saturated rings. The van der Waals surface area contributed by atoms with Gasteiger partial charge in [0.15, 0.2) is 23.6 Å². The molecule has 2 aromatic rings. The van der Waals surface area contributed by atoms with Crippen LogP contribution in [0.4, 0.5) is 0 Å². The first kappa shape index (κ1) is 32.4. The molecule has 15 nitrogen and oxygen atoms in total. The lowest BCUT2D eigenvalue weighted by atomic mass is 9.98. The molecule has 2 heterocycles. The van der Waals surface area contributed by atoms with Crippen molar-refractivity contribution in [1.29, 1.82) is 0 Å². The monoisotopic (exact) mass is 610 g/mol. The number of methoxy groups -OCH3 is 1. The Hall–Kier alpha value is -3.51. The first-order valence-corrected chi connectivity index (χ1v) is 13.1. The number of carbonyl (C=O) groups is 1. The molecule has 0 spiro atoms. The van der Waals surface area contributed by atoms with Crippen LogP contribution < -0.4 is 9.47 Å². The number of allylic oxidation sites excluding steroid dienone is 1. The van der Waals surface area contributed by atoms with E-state index in [1.807, 2.05) is 0 Å². The minimum Gasteiger partial charge on any atom is -0.507 e. The van der Waals surface area contributed by atoms with Crippen LogP contribution in [0.2, 0.25) is 0 Å². The molecular formula is C28H34O15. The van der Waals surface area contributed by atoms with Crippen molar-refractivity contribution in [2.45, 2.75) is 68.3 Å². The number of ether oxygens (including phenoxy) is 5. The molecule has 0 aromatic heterocycles. The summed E-state index contributed by atoms with van der Waals surface area (Å²) < 4.78 is 26.7.